The smallest absolute Gasteiger partial charge is 0.267 e. The van der Waals surface area contributed by atoms with E-state index < -0.39 is 10.0 Å². The number of imidazole rings is 1. The van der Waals surface area contributed by atoms with Gasteiger partial charge in [-0.1, -0.05) is 23.7 Å². The molecule has 0 amide bonds. The van der Waals surface area contributed by atoms with Crippen LogP contribution in [0.4, 0.5) is 5.95 Å². The van der Waals surface area contributed by atoms with Crippen LogP contribution in [0.3, 0.4) is 0 Å². The standard InChI is InChI=1S/C12H9ClN4O2S/c13-8-5-6-14-7-11(8)20(18,19)17-12-15-9-3-1-2-4-10(9)16-12/h1-7H,(H2,15,16,17). The minimum atomic E-state index is -3.83. The Morgan fingerprint density at radius 2 is 2.00 bits per heavy atom. The molecule has 0 atom stereocenters. The van der Waals surface area contributed by atoms with Crippen LogP contribution in [0.25, 0.3) is 11.0 Å². The zero-order chi connectivity index (χ0) is 14.2. The molecule has 2 N–H and O–H groups in total. The number of hydrogen-bond donors (Lipinski definition) is 2. The molecule has 0 aliphatic rings. The van der Waals surface area contributed by atoms with Gasteiger partial charge >= 0.3 is 0 Å². The Morgan fingerprint density at radius 1 is 1.20 bits per heavy atom. The number of anilines is 1. The number of hydrogen-bond acceptors (Lipinski definition) is 4. The summed E-state index contributed by atoms with van der Waals surface area (Å²) in [5, 5.41) is 0.101. The molecule has 0 spiro atoms. The summed E-state index contributed by atoms with van der Waals surface area (Å²) in [6.07, 6.45) is 2.61. The summed E-state index contributed by atoms with van der Waals surface area (Å²) in [6, 6.07) is 8.64. The van der Waals surface area contributed by atoms with E-state index in [0.29, 0.717) is 5.52 Å². The first-order chi connectivity index (χ1) is 9.56. The third-order valence-corrected chi connectivity index (χ3v) is 4.45. The molecule has 6 nitrogen and oxygen atoms in total. The van der Waals surface area contributed by atoms with E-state index in [4.69, 9.17) is 11.6 Å². The van der Waals surface area contributed by atoms with Gasteiger partial charge in [0.25, 0.3) is 10.0 Å². The Hall–Kier alpha value is -2.12. The fourth-order valence-corrected chi connectivity index (χ4v) is 3.14. The Bertz CT molecular complexity index is 843. The molecule has 8 heteroatoms. The van der Waals surface area contributed by atoms with Crippen molar-refractivity contribution in [1.82, 2.24) is 15.0 Å². The number of sulfonamides is 1. The van der Waals surface area contributed by atoms with Gasteiger partial charge in [-0.3, -0.25) is 4.98 Å². The van der Waals surface area contributed by atoms with Crippen LogP contribution in [0.15, 0.2) is 47.6 Å². The second kappa shape index (κ2) is 4.77. The molecule has 1 aromatic carbocycles. The number of fused-ring (bicyclic) bond motifs is 1. The van der Waals surface area contributed by atoms with E-state index in [2.05, 4.69) is 19.7 Å². The van der Waals surface area contributed by atoms with Crippen molar-refractivity contribution in [3.8, 4) is 0 Å². The van der Waals surface area contributed by atoms with Gasteiger partial charge in [0.05, 0.1) is 16.1 Å². The summed E-state index contributed by atoms with van der Waals surface area (Å²) < 4.78 is 26.8. The Balaban J connectivity index is 1.99. The topological polar surface area (TPSA) is 87.7 Å². The minimum Gasteiger partial charge on any atom is -0.323 e. The minimum absolute atomic E-state index is 0.0953. The molecule has 0 saturated carbocycles. The number of rotatable bonds is 3. The quantitative estimate of drug-likeness (QED) is 0.777. The lowest BCUT2D eigenvalue weighted by Crippen LogP contribution is -2.14. The van der Waals surface area contributed by atoms with Crippen molar-refractivity contribution >= 4 is 38.6 Å². The predicted molar refractivity (Wildman–Crippen MR) is 76.1 cm³/mol. The summed E-state index contributed by atoms with van der Waals surface area (Å²) in [4.78, 5) is 10.7. The molecule has 2 heterocycles. The van der Waals surface area contributed by atoms with Gasteiger partial charge in [0.2, 0.25) is 5.95 Å². The van der Waals surface area contributed by atoms with E-state index >= 15 is 0 Å². The highest BCUT2D eigenvalue weighted by molar-refractivity contribution is 7.92. The van der Waals surface area contributed by atoms with Crippen LogP contribution < -0.4 is 4.72 Å². The van der Waals surface area contributed by atoms with Crippen molar-refractivity contribution in [3.63, 3.8) is 0 Å². The lowest BCUT2D eigenvalue weighted by Gasteiger charge is -2.05. The maximum atomic E-state index is 12.2. The molecule has 0 aliphatic carbocycles. The van der Waals surface area contributed by atoms with Gasteiger partial charge in [0.1, 0.15) is 4.90 Å². The normalized spacial score (nSPS) is 11.7. The first kappa shape index (κ1) is 12.9. The Morgan fingerprint density at radius 3 is 2.75 bits per heavy atom. The molecule has 0 unspecified atom stereocenters. The maximum absolute atomic E-state index is 12.2. The zero-order valence-electron chi connectivity index (χ0n) is 10.0. The molecule has 20 heavy (non-hydrogen) atoms. The number of pyridine rings is 1. The van der Waals surface area contributed by atoms with Gasteiger partial charge in [-0.25, -0.2) is 18.1 Å². The van der Waals surface area contributed by atoms with Gasteiger partial charge in [-0.2, -0.15) is 0 Å². The lowest BCUT2D eigenvalue weighted by molar-refractivity contribution is 0.600. The van der Waals surface area contributed by atoms with Gasteiger partial charge < -0.3 is 4.98 Å². The van der Waals surface area contributed by atoms with Crippen molar-refractivity contribution in [2.24, 2.45) is 0 Å². The maximum Gasteiger partial charge on any atom is 0.267 e. The van der Waals surface area contributed by atoms with Crippen LogP contribution >= 0.6 is 11.6 Å². The highest BCUT2D eigenvalue weighted by atomic mass is 35.5. The predicted octanol–water partition coefficient (Wildman–Crippen LogP) is 2.41. The Kier molecular flexibility index (Phi) is 3.07. The molecule has 0 bridgehead atoms. The Labute approximate surface area is 119 Å². The van der Waals surface area contributed by atoms with Crippen LogP contribution in [0.1, 0.15) is 0 Å². The fourth-order valence-electron chi connectivity index (χ4n) is 1.74. The first-order valence-electron chi connectivity index (χ1n) is 5.63. The van der Waals surface area contributed by atoms with E-state index in [1.54, 1.807) is 12.1 Å². The van der Waals surface area contributed by atoms with Crippen molar-refractivity contribution in [1.29, 1.82) is 0 Å². The molecule has 0 fully saturated rings. The van der Waals surface area contributed by atoms with Crippen molar-refractivity contribution < 1.29 is 8.42 Å². The summed E-state index contributed by atoms with van der Waals surface area (Å²) in [6.45, 7) is 0. The van der Waals surface area contributed by atoms with Gasteiger partial charge in [0.15, 0.2) is 0 Å². The second-order valence-corrected chi connectivity index (χ2v) is 6.07. The molecular weight excluding hydrogens is 300 g/mol. The SMILES string of the molecule is O=S(=O)(Nc1nc2ccccc2[nH]1)c1cnccc1Cl. The summed E-state index contributed by atoms with van der Waals surface area (Å²) in [5.41, 5.74) is 1.41. The van der Waals surface area contributed by atoms with Crippen LogP contribution in [0.5, 0.6) is 0 Å². The van der Waals surface area contributed by atoms with Crippen molar-refractivity contribution in [3.05, 3.63) is 47.7 Å². The first-order valence-corrected chi connectivity index (χ1v) is 7.49. The average molecular weight is 309 g/mol. The molecular formula is C12H9ClN4O2S. The lowest BCUT2D eigenvalue weighted by atomic mass is 10.3. The molecule has 102 valence electrons. The summed E-state index contributed by atoms with van der Waals surface area (Å²) in [7, 11) is -3.83. The third kappa shape index (κ3) is 2.33. The number of halogens is 1. The van der Waals surface area contributed by atoms with E-state index in [1.165, 1.54) is 18.5 Å². The highest BCUT2D eigenvalue weighted by Crippen LogP contribution is 2.22. The number of nitrogens with zero attached hydrogens (tertiary/aromatic N) is 2. The average Bonchev–Trinajstić information content (AvgIpc) is 2.80. The number of H-pyrrole nitrogens is 1. The zero-order valence-corrected chi connectivity index (χ0v) is 11.6. The summed E-state index contributed by atoms with van der Waals surface area (Å²) >= 11 is 5.86. The second-order valence-electron chi connectivity index (χ2n) is 4.01. The molecule has 0 radical (unpaired) electrons. The molecule has 3 rings (SSSR count). The van der Waals surface area contributed by atoms with Crippen LogP contribution in [0, 0.1) is 0 Å². The molecule has 0 aliphatic heterocycles. The number of aromatic amines is 1. The van der Waals surface area contributed by atoms with E-state index in [1.807, 2.05) is 12.1 Å². The van der Waals surface area contributed by atoms with Crippen molar-refractivity contribution in [2.75, 3.05) is 4.72 Å². The molecule has 3 aromatic rings. The number of para-hydroxylation sites is 2. The number of benzene rings is 1. The molecule has 2 aromatic heterocycles. The summed E-state index contributed by atoms with van der Waals surface area (Å²) in [5.74, 6) is 0.131. The van der Waals surface area contributed by atoms with Crippen LogP contribution in [0.2, 0.25) is 5.02 Å². The van der Waals surface area contributed by atoms with Crippen molar-refractivity contribution in [2.45, 2.75) is 4.90 Å². The monoisotopic (exact) mass is 308 g/mol. The van der Waals surface area contributed by atoms with Gasteiger partial charge in [-0.05, 0) is 18.2 Å². The highest BCUT2D eigenvalue weighted by Gasteiger charge is 2.19. The van der Waals surface area contributed by atoms with Crippen LogP contribution in [-0.2, 0) is 10.0 Å². The van der Waals surface area contributed by atoms with E-state index in [9.17, 15) is 8.42 Å². The number of nitrogens with one attached hydrogen (secondary N) is 2. The largest absolute Gasteiger partial charge is 0.323 e. The van der Waals surface area contributed by atoms with E-state index in [0.717, 1.165) is 5.52 Å². The number of aromatic nitrogens is 3. The fraction of sp³-hybridized carbons (Fsp3) is 0. The van der Waals surface area contributed by atoms with Crippen LogP contribution in [-0.4, -0.2) is 23.4 Å². The van der Waals surface area contributed by atoms with Gasteiger partial charge in [-0.15, -0.1) is 0 Å². The third-order valence-electron chi connectivity index (χ3n) is 2.64. The van der Waals surface area contributed by atoms with E-state index in [-0.39, 0.29) is 15.9 Å². The molecule has 0 saturated heterocycles. The van der Waals surface area contributed by atoms with Gasteiger partial charge in [0, 0.05) is 12.4 Å².